The van der Waals surface area contributed by atoms with Crippen molar-refractivity contribution in [2.24, 2.45) is 5.41 Å². The lowest BCUT2D eigenvalue weighted by atomic mass is 9.69. The topological polar surface area (TPSA) is 34.1 Å². The summed E-state index contributed by atoms with van der Waals surface area (Å²) >= 11 is 0. The minimum Gasteiger partial charge on any atom is -0.474 e. The van der Waals surface area contributed by atoms with Crippen LogP contribution in [-0.4, -0.2) is 24.2 Å². The van der Waals surface area contributed by atoms with Crippen LogP contribution >= 0.6 is 0 Å². The Morgan fingerprint density at radius 3 is 2.57 bits per heavy atom. The van der Waals surface area contributed by atoms with Crippen LogP contribution in [0.3, 0.4) is 0 Å². The Bertz CT molecular complexity index is 493. The summed E-state index contributed by atoms with van der Waals surface area (Å²) in [5.74, 6) is 0.490. The van der Waals surface area contributed by atoms with Gasteiger partial charge in [0.15, 0.2) is 0 Å². The summed E-state index contributed by atoms with van der Waals surface area (Å²) in [6.45, 7) is 4.09. The van der Waals surface area contributed by atoms with E-state index in [9.17, 15) is 8.78 Å². The van der Waals surface area contributed by atoms with Crippen LogP contribution in [0.25, 0.3) is 0 Å². The van der Waals surface area contributed by atoms with Gasteiger partial charge in [0, 0.05) is 24.7 Å². The first-order valence-electron chi connectivity index (χ1n) is 7.77. The molecule has 0 aromatic carbocycles. The van der Waals surface area contributed by atoms with E-state index in [4.69, 9.17) is 4.74 Å². The standard InChI is InChI=1S/C16H22F2N2O/c1-2-13-12(15(17)18)3-4-14(20-13)21-11-5-7-16(8-6-11)9-19-10-16/h3-4,11,15,19H,2,5-10H2,1H3. The van der Waals surface area contributed by atoms with Crippen LogP contribution in [0.4, 0.5) is 8.78 Å². The SMILES string of the molecule is CCc1nc(OC2CCC3(CC2)CNC3)ccc1C(F)F. The maximum absolute atomic E-state index is 12.8. The Hall–Kier alpha value is -1.23. The van der Waals surface area contributed by atoms with Gasteiger partial charge in [-0.05, 0) is 43.6 Å². The third-order valence-corrected chi connectivity index (χ3v) is 4.83. The van der Waals surface area contributed by atoms with Crippen molar-refractivity contribution in [2.45, 2.75) is 51.6 Å². The minimum absolute atomic E-state index is 0.0213. The van der Waals surface area contributed by atoms with E-state index >= 15 is 0 Å². The third kappa shape index (κ3) is 3.03. The summed E-state index contributed by atoms with van der Waals surface area (Å²) in [6, 6.07) is 3.03. The molecule has 21 heavy (non-hydrogen) atoms. The van der Waals surface area contributed by atoms with Gasteiger partial charge in [0.05, 0.1) is 5.69 Å². The zero-order valence-corrected chi connectivity index (χ0v) is 12.4. The molecule has 2 fully saturated rings. The number of ether oxygens (including phenoxy) is 1. The third-order valence-electron chi connectivity index (χ3n) is 4.83. The summed E-state index contributed by atoms with van der Waals surface area (Å²) < 4.78 is 31.6. The van der Waals surface area contributed by atoms with Crippen LogP contribution in [0, 0.1) is 5.41 Å². The van der Waals surface area contributed by atoms with Crippen LogP contribution in [0.2, 0.25) is 0 Å². The molecular weight excluding hydrogens is 274 g/mol. The number of nitrogens with one attached hydrogen (secondary N) is 1. The molecule has 0 amide bonds. The van der Waals surface area contributed by atoms with E-state index in [0.717, 1.165) is 25.9 Å². The molecule has 1 saturated carbocycles. The van der Waals surface area contributed by atoms with E-state index in [1.807, 2.05) is 6.92 Å². The molecule has 3 rings (SSSR count). The number of aryl methyl sites for hydroxylation is 1. The monoisotopic (exact) mass is 296 g/mol. The molecule has 0 bridgehead atoms. The zero-order valence-electron chi connectivity index (χ0n) is 12.4. The molecule has 1 saturated heterocycles. The maximum Gasteiger partial charge on any atom is 0.265 e. The number of alkyl halides is 2. The number of halogens is 2. The molecule has 0 unspecified atom stereocenters. The van der Waals surface area contributed by atoms with Crippen LogP contribution in [0.1, 0.15) is 50.3 Å². The number of hydrogen-bond acceptors (Lipinski definition) is 3. The van der Waals surface area contributed by atoms with Crippen molar-refractivity contribution >= 4 is 0 Å². The fraction of sp³-hybridized carbons (Fsp3) is 0.688. The Morgan fingerprint density at radius 1 is 1.33 bits per heavy atom. The molecule has 1 aliphatic heterocycles. The maximum atomic E-state index is 12.8. The van der Waals surface area contributed by atoms with E-state index in [0.29, 0.717) is 23.4 Å². The van der Waals surface area contributed by atoms with Gasteiger partial charge < -0.3 is 10.1 Å². The lowest BCUT2D eigenvalue weighted by Crippen LogP contribution is -2.55. The second-order valence-corrected chi connectivity index (χ2v) is 6.26. The molecule has 1 N–H and O–H groups in total. The van der Waals surface area contributed by atoms with Crippen molar-refractivity contribution in [3.8, 4) is 5.88 Å². The van der Waals surface area contributed by atoms with E-state index < -0.39 is 6.43 Å². The molecule has 116 valence electrons. The number of nitrogens with zero attached hydrogens (tertiary/aromatic N) is 1. The van der Waals surface area contributed by atoms with Crippen molar-refractivity contribution in [3.05, 3.63) is 23.4 Å². The van der Waals surface area contributed by atoms with Crippen LogP contribution in [0.15, 0.2) is 12.1 Å². The van der Waals surface area contributed by atoms with Crippen molar-refractivity contribution in [1.82, 2.24) is 10.3 Å². The number of rotatable bonds is 4. The van der Waals surface area contributed by atoms with Gasteiger partial charge in [-0.25, -0.2) is 13.8 Å². The molecule has 2 aliphatic rings. The molecular formula is C16H22F2N2O. The van der Waals surface area contributed by atoms with Gasteiger partial charge in [0.2, 0.25) is 5.88 Å². The average molecular weight is 296 g/mol. The highest BCUT2D eigenvalue weighted by Gasteiger charge is 2.40. The van der Waals surface area contributed by atoms with Crippen molar-refractivity contribution in [3.63, 3.8) is 0 Å². The Labute approximate surface area is 124 Å². The highest BCUT2D eigenvalue weighted by atomic mass is 19.3. The molecule has 2 heterocycles. The van der Waals surface area contributed by atoms with E-state index in [1.165, 1.54) is 18.9 Å². The zero-order chi connectivity index (χ0) is 14.9. The van der Waals surface area contributed by atoms with Gasteiger partial charge in [-0.15, -0.1) is 0 Å². The number of aromatic nitrogens is 1. The fourth-order valence-corrected chi connectivity index (χ4v) is 3.36. The molecule has 1 aromatic heterocycles. The summed E-state index contributed by atoms with van der Waals surface area (Å²) in [5, 5.41) is 3.34. The Morgan fingerprint density at radius 2 is 2.05 bits per heavy atom. The van der Waals surface area contributed by atoms with E-state index in [1.54, 1.807) is 6.07 Å². The summed E-state index contributed by atoms with van der Waals surface area (Å²) in [7, 11) is 0. The Kier molecular flexibility index (Phi) is 4.11. The second kappa shape index (κ2) is 5.87. The largest absolute Gasteiger partial charge is 0.474 e. The smallest absolute Gasteiger partial charge is 0.265 e. The molecule has 1 aromatic rings. The summed E-state index contributed by atoms with van der Waals surface area (Å²) in [5.41, 5.74) is 0.965. The Balaban J connectivity index is 1.62. The first-order valence-corrected chi connectivity index (χ1v) is 7.77. The van der Waals surface area contributed by atoms with E-state index in [-0.39, 0.29) is 11.7 Å². The molecule has 5 heteroatoms. The minimum atomic E-state index is -2.47. The fourth-order valence-electron chi connectivity index (χ4n) is 3.36. The van der Waals surface area contributed by atoms with Gasteiger partial charge >= 0.3 is 0 Å². The normalized spacial score (nSPS) is 21.5. The number of pyridine rings is 1. The average Bonchev–Trinajstić information content (AvgIpc) is 2.46. The predicted molar refractivity (Wildman–Crippen MR) is 76.8 cm³/mol. The van der Waals surface area contributed by atoms with Crippen molar-refractivity contribution < 1.29 is 13.5 Å². The van der Waals surface area contributed by atoms with Crippen LogP contribution in [-0.2, 0) is 6.42 Å². The van der Waals surface area contributed by atoms with E-state index in [2.05, 4.69) is 10.3 Å². The second-order valence-electron chi connectivity index (χ2n) is 6.26. The summed E-state index contributed by atoms with van der Waals surface area (Å²) in [6.07, 6.45) is 2.62. The quantitative estimate of drug-likeness (QED) is 0.923. The molecule has 0 radical (unpaired) electrons. The van der Waals surface area contributed by atoms with Gasteiger partial charge in [0.25, 0.3) is 6.43 Å². The van der Waals surface area contributed by atoms with Crippen molar-refractivity contribution in [2.75, 3.05) is 13.1 Å². The lowest BCUT2D eigenvalue weighted by Gasteiger charge is -2.47. The first-order chi connectivity index (χ1) is 10.1. The van der Waals surface area contributed by atoms with Crippen molar-refractivity contribution in [1.29, 1.82) is 0 Å². The highest BCUT2D eigenvalue weighted by Crippen LogP contribution is 2.40. The molecule has 3 nitrogen and oxygen atoms in total. The number of hydrogen-bond donors (Lipinski definition) is 1. The lowest BCUT2D eigenvalue weighted by molar-refractivity contribution is 0.0400. The van der Waals surface area contributed by atoms with Crippen LogP contribution < -0.4 is 10.1 Å². The molecule has 1 aliphatic carbocycles. The highest BCUT2D eigenvalue weighted by molar-refractivity contribution is 5.27. The molecule has 0 atom stereocenters. The predicted octanol–water partition coefficient (Wildman–Crippen LogP) is 3.49. The molecule has 1 spiro atoms. The van der Waals surface area contributed by atoms with Gasteiger partial charge in [-0.1, -0.05) is 6.92 Å². The van der Waals surface area contributed by atoms with Gasteiger partial charge in [-0.2, -0.15) is 0 Å². The van der Waals surface area contributed by atoms with Gasteiger partial charge in [-0.3, -0.25) is 0 Å². The first kappa shape index (κ1) is 14.7. The summed E-state index contributed by atoms with van der Waals surface area (Å²) in [4.78, 5) is 4.26. The van der Waals surface area contributed by atoms with Crippen LogP contribution in [0.5, 0.6) is 5.88 Å². The van der Waals surface area contributed by atoms with Gasteiger partial charge in [0.1, 0.15) is 6.10 Å².